The molecule has 0 atom stereocenters. The second-order valence-electron chi connectivity index (χ2n) is 5.93. The molecule has 0 spiro atoms. The summed E-state index contributed by atoms with van der Waals surface area (Å²) in [6.07, 6.45) is 5.73. The second kappa shape index (κ2) is 8.28. The number of phenols is 1. The molecule has 1 aliphatic carbocycles. The van der Waals surface area contributed by atoms with Crippen molar-refractivity contribution in [3.63, 3.8) is 0 Å². The van der Waals surface area contributed by atoms with Crippen molar-refractivity contribution in [1.29, 1.82) is 0 Å². The largest absolute Gasteiger partial charge is 0.506 e. The molecule has 1 heterocycles. The van der Waals surface area contributed by atoms with Gasteiger partial charge in [-0.25, -0.2) is 0 Å². The van der Waals surface area contributed by atoms with Crippen molar-refractivity contribution in [2.24, 2.45) is 5.92 Å². The lowest BCUT2D eigenvalue weighted by Gasteiger charge is -2.37. The molecule has 1 saturated carbocycles. The molecule has 0 bridgehead atoms. The molecule has 0 unspecified atom stereocenters. The molecule has 3 nitrogen and oxygen atoms in total. The molecule has 118 valence electrons. The fourth-order valence-electron chi connectivity index (χ4n) is 3.46. The molecule has 2 aliphatic rings. The van der Waals surface area contributed by atoms with E-state index < -0.39 is 0 Å². The summed E-state index contributed by atoms with van der Waals surface area (Å²) in [5.74, 6) is 1.35. The molecule has 21 heavy (non-hydrogen) atoms. The van der Waals surface area contributed by atoms with Gasteiger partial charge in [0.25, 0.3) is 0 Å². The van der Waals surface area contributed by atoms with Crippen LogP contribution in [0.4, 0.5) is 5.69 Å². The highest BCUT2D eigenvalue weighted by Gasteiger charge is 2.23. The first-order valence-corrected chi connectivity index (χ1v) is 8.58. The maximum Gasteiger partial charge on any atom is 0.138 e. The van der Waals surface area contributed by atoms with Crippen molar-refractivity contribution in [2.75, 3.05) is 37.6 Å². The van der Waals surface area contributed by atoms with E-state index in [9.17, 15) is 5.11 Å². The molecule has 2 fully saturated rings. The Morgan fingerprint density at radius 2 is 1.62 bits per heavy atom. The third-order valence-electron chi connectivity index (χ3n) is 4.59. The van der Waals surface area contributed by atoms with E-state index in [1.807, 2.05) is 32.0 Å². The molecule has 3 rings (SSSR count). The van der Waals surface area contributed by atoms with Gasteiger partial charge in [-0.2, -0.15) is 0 Å². The van der Waals surface area contributed by atoms with Crippen molar-refractivity contribution >= 4 is 5.69 Å². The average molecular weight is 290 g/mol. The van der Waals surface area contributed by atoms with Crippen LogP contribution < -0.4 is 4.90 Å². The van der Waals surface area contributed by atoms with E-state index in [0.717, 1.165) is 37.8 Å². The summed E-state index contributed by atoms with van der Waals surface area (Å²) in [7, 11) is 0. The lowest BCUT2D eigenvalue weighted by Crippen LogP contribution is -2.47. The van der Waals surface area contributed by atoms with Gasteiger partial charge in [-0.3, -0.25) is 4.90 Å². The summed E-state index contributed by atoms with van der Waals surface area (Å²) in [6.45, 7) is 9.61. The highest BCUT2D eigenvalue weighted by atomic mass is 16.3. The van der Waals surface area contributed by atoms with E-state index >= 15 is 0 Å². The fourth-order valence-corrected chi connectivity index (χ4v) is 3.46. The Morgan fingerprint density at radius 1 is 1.00 bits per heavy atom. The highest BCUT2D eigenvalue weighted by Crippen LogP contribution is 2.29. The smallest absolute Gasteiger partial charge is 0.138 e. The van der Waals surface area contributed by atoms with Gasteiger partial charge in [0.15, 0.2) is 0 Å². The first-order valence-electron chi connectivity index (χ1n) is 8.58. The lowest BCUT2D eigenvalue weighted by atomic mass is 10.1. The fraction of sp³-hybridized carbons (Fsp3) is 0.667. The second-order valence-corrected chi connectivity index (χ2v) is 5.93. The van der Waals surface area contributed by atoms with Gasteiger partial charge in [0, 0.05) is 32.7 Å². The van der Waals surface area contributed by atoms with E-state index in [-0.39, 0.29) is 0 Å². The van der Waals surface area contributed by atoms with Crippen LogP contribution in [-0.2, 0) is 0 Å². The van der Waals surface area contributed by atoms with Crippen LogP contribution in [0.5, 0.6) is 5.75 Å². The molecular weight excluding hydrogens is 260 g/mol. The number of phenolic OH excluding ortho intramolecular Hbond substituents is 1. The van der Waals surface area contributed by atoms with Gasteiger partial charge in [-0.1, -0.05) is 38.8 Å². The monoisotopic (exact) mass is 290 g/mol. The minimum absolute atomic E-state index is 0.409. The maximum absolute atomic E-state index is 9.90. The van der Waals surface area contributed by atoms with Crippen LogP contribution in [0.3, 0.4) is 0 Å². The minimum Gasteiger partial charge on any atom is -0.506 e. The number of anilines is 1. The van der Waals surface area contributed by atoms with Gasteiger partial charge in [0.2, 0.25) is 0 Å². The van der Waals surface area contributed by atoms with Gasteiger partial charge < -0.3 is 10.0 Å². The van der Waals surface area contributed by atoms with Crippen LogP contribution in [0.15, 0.2) is 24.3 Å². The lowest BCUT2D eigenvalue weighted by molar-refractivity contribution is 0.219. The number of piperazine rings is 1. The van der Waals surface area contributed by atoms with Crippen molar-refractivity contribution < 1.29 is 5.11 Å². The number of rotatable bonds is 3. The van der Waals surface area contributed by atoms with E-state index in [0.29, 0.717) is 5.75 Å². The SMILES string of the molecule is CC.Oc1ccccc1N1CCN(CC2CCCC2)CC1. The van der Waals surface area contributed by atoms with Crippen LogP contribution in [-0.4, -0.2) is 42.7 Å². The number of para-hydroxylation sites is 2. The van der Waals surface area contributed by atoms with Crippen molar-refractivity contribution in [1.82, 2.24) is 4.90 Å². The topological polar surface area (TPSA) is 26.7 Å². The Morgan fingerprint density at radius 3 is 2.24 bits per heavy atom. The quantitative estimate of drug-likeness (QED) is 0.919. The Labute approximate surface area is 129 Å². The summed E-state index contributed by atoms with van der Waals surface area (Å²) >= 11 is 0. The molecule has 0 radical (unpaired) electrons. The van der Waals surface area contributed by atoms with E-state index in [4.69, 9.17) is 0 Å². The van der Waals surface area contributed by atoms with Gasteiger partial charge in [-0.15, -0.1) is 0 Å². The number of nitrogens with zero attached hydrogens (tertiary/aromatic N) is 2. The van der Waals surface area contributed by atoms with Crippen LogP contribution >= 0.6 is 0 Å². The van der Waals surface area contributed by atoms with Crippen LogP contribution in [0.1, 0.15) is 39.5 Å². The zero-order chi connectivity index (χ0) is 15.1. The third kappa shape index (κ3) is 4.37. The summed E-state index contributed by atoms with van der Waals surface area (Å²) in [5.41, 5.74) is 0.989. The first kappa shape index (κ1) is 16.2. The third-order valence-corrected chi connectivity index (χ3v) is 4.59. The number of hydrogen-bond donors (Lipinski definition) is 1. The number of hydrogen-bond acceptors (Lipinski definition) is 3. The normalized spacial score (nSPS) is 20.2. The van der Waals surface area contributed by atoms with Gasteiger partial charge in [-0.05, 0) is 30.9 Å². The van der Waals surface area contributed by atoms with Gasteiger partial charge in [0.05, 0.1) is 5.69 Å². The van der Waals surface area contributed by atoms with Crippen LogP contribution in [0, 0.1) is 5.92 Å². The molecule has 3 heteroatoms. The maximum atomic E-state index is 9.90. The zero-order valence-electron chi connectivity index (χ0n) is 13.6. The van der Waals surface area contributed by atoms with E-state index in [2.05, 4.69) is 9.80 Å². The molecule has 1 aromatic rings. The number of benzene rings is 1. The van der Waals surface area contributed by atoms with Crippen molar-refractivity contribution in [3.8, 4) is 5.75 Å². The highest BCUT2D eigenvalue weighted by molar-refractivity contribution is 5.57. The van der Waals surface area contributed by atoms with Gasteiger partial charge in [0.1, 0.15) is 5.75 Å². The Bertz CT molecular complexity index is 407. The predicted octanol–water partition coefficient (Wildman–Crippen LogP) is 3.73. The zero-order valence-corrected chi connectivity index (χ0v) is 13.6. The Hall–Kier alpha value is -1.22. The first-order chi connectivity index (χ1) is 10.3. The minimum atomic E-state index is 0.409. The van der Waals surface area contributed by atoms with E-state index in [1.54, 1.807) is 6.07 Å². The predicted molar refractivity (Wildman–Crippen MR) is 90.1 cm³/mol. The summed E-state index contributed by atoms with van der Waals surface area (Å²) in [5, 5.41) is 9.90. The molecule has 1 N–H and O–H groups in total. The summed E-state index contributed by atoms with van der Waals surface area (Å²) in [4.78, 5) is 4.91. The Kier molecular flexibility index (Phi) is 6.37. The standard InChI is InChI=1S/C16H24N2O.C2H6/c19-16-8-4-3-7-15(16)18-11-9-17(10-12-18)13-14-5-1-2-6-14;1-2/h3-4,7-8,14,19H,1-2,5-6,9-13H2;1-2H3. The van der Waals surface area contributed by atoms with Crippen LogP contribution in [0.2, 0.25) is 0 Å². The van der Waals surface area contributed by atoms with Crippen LogP contribution in [0.25, 0.3) is 0 Å². The molecule has 0 amide bonds. The van der Waals surface area contributed by atoms with Crippen molar-refractivity contribution in [2.45, 2.75) is 39.5 Å². The molecule has 0 aromatic heterocycles. The molecular formula is C18H30N2O. The Balaban J connectivity index is 0.000000774. The molecule has 1 aromatic carbocycles. The molecule has 1 aliphatic heterocycles. The number of aromatic hydroxyl groups is 1. The van der Waals surface area contributed by atoms with Gasteiger partial charge >= 0.3 is 0 Å². The van der Waals surface area contributed by atoms with Crippen molar-refractivity contribution in [3.05, 3.63) is 24.3 Å². The molecule has 1 saturated heterocycles. The van der Waals surface area contributed by atoms with E-state index in [1.165, 1.54) is 32.2 Å². The summed E-state index contributed by atoms with van der Waals surface area (Å²) in [6, 6.07) is 7.68. The summed E-state index contributed by atoms with van der Waals surface area (Å²) < 4.78 is 0. The average Bonchev–Trinajstić information content (AvgIpc) is 3.04.